The Morgan fingerprint density at radius 1 is 0.885 bits per heavy atom. The van der Waals surface area contributed by atoms with Crippen molar-refractivity contribution in [1.82, 2.24) is 0 Å². The maximum absolute atomic E-state index is 14.0. The number of rotatable bonds is 10. The molecule has 0 radical (unpaired) electrons. The summed E-state index contributed by atoms with van der Waals surface area (Å²) >= 11 is 0. The topological polar surface area (TPSA) is 52.6 Å². The maximum Gasteiger partial charge on any atom is 0.233 e. The fraction of sp³-hybridized carbons (Fsp3) is 0.381. The average Bonchev–Trinajstić information content (AvgIpc) is 2.70. The number of hydrogen-bond acceptors (Lipinski definition) is 4. The van der Waals surface area contributed by atoms with E-state index >= 15 is 0 Å². The van der Waals surface area contributed by atoms with Gasteiger partial charge in [0.1, 0.15) is 17.1 Å². The van der Waals surface area contributed by atoms with E-state index in [9.17, 15) is 9.36 Å². The van der Waals surface area contributed by atoms with Crippen LogP contribution in [0.1, 0.15) is 43.0 Å². The minimum absolute atomic E-state index is 0.264. The van der Waals surface area contributed by atoms with Crippen molar-refractivity contribution >= 4 is 18.0 Å². The highest BCUT2D eigenvalue weighted by atomic mass is 31.2. The Morgan fingerprint density at radius 3 is 2.04 bits per heavy atom. The van der Waals surface area contributed by atoms with Gasteiger partial charge in [-0.1, -0.05) is 62.6 Å². The minimum Gasteiger partial charge on any atom is -0.496 e. The SMILES string of the molecule is CCCCCCP(=O)(C(=O)c1c(OC)cccc1OC)c1ccccc1. The maximum atomic E-state index is 14.0. The molecule has 2 rings (SSSR count). The van der Waals surface area contributed by atoms with E-state index in [0.717, 1.165) is 25.7 Å². The smallest absolute Gasteiger partial charge is 0.233 e. The zero-order valence-electron chi connectivity index (χ0n) is 15.7. The zero-order valence-corrected chi connectivity index (χ0v) is 16.6. The molecule has 0 N–H and O–H groups in total. The number of benzene rings is 2. The molecule has 0 bridgehead atoms. The van der Waals surface area contributed by atoms with Crippen LogP contribution in [-0.2, 0) is 4.57 Å². The molecule has 0 aromatic heterocycles. The molecule has 4 nitrogen and oxygen atoms in total. The summed E-state index contributed by atoms with van der Waals surface area (Å²) in [6, 6.07) is 14.2. The lowest BCUT2D eigenvalue weighted by Crippen LogP contribution is -2.17. The monoisotopic (exact) mass is 374 g/mol. The molecule has 0 aliphatic heterocycles. The van der Waals surface area contributed by atoms with Gasteiger partial charge in [-0.2, -0.15) is 0 Å². The van der Waals surface area contributed by atoms with Crippen LogP contribution in [0.15, 0.2) is 48.5 Å². The van der Waals surface area contributed by atoms with Crippen molar-refractivity contribution in [2.24, 2.45) is 0 Å². The lowest BCUT2D eigenvalue weighted by Gasteiger charge is -2.20. The van der Waals surface area contributed by atoms with E-state index in [2.05, 4.69) is 6.92 Å². The molecule has 5 heteroatoms. The molecule has 26 heavy (non-hydrogen) atoms. The Balaban J connectivity index is 2.49. The fourth-order valence-electron chi connectivity index (χ4n) is 3.02. The summed E-state index contributed by atoms with van der Waals surface area (Å²) in [7, 11) is -0.303. The third-order valence-electron chi connectivity index (χ3n) is 4.47. The van der Waals surface area contributed by atoms with Crippen LogP contribution >= 0.6 is 7.14 Å². The van der Waals surface area contributed by atoms with E-state index in [1.54, 1.807) is 30.3 Å². The number of hydrogen-bond donors (Lipinski definition) is 0. The van der Waals surface area contributed by atoms with Crippen molar-refractivity contribution in [3.63, 3.8) is 0 Å². The van der Waals surface area contributed by atoms with E-state index in [0.29, 0.717) is 23.0 Å². The first-order valence-electron chi connectivity index (χ1n) is 8.99. The van der Waals surface area contributed by atoms with Gasteiger partial charge < -0.3 is 14.0 Å². The summed E-state index contributed by atoms with van der Waals surface area (Å²) in [5, 5.41) is 0.592. The van der Waals surface area contributed by atoms with E-state index in [1.807, 2.05) is 18.2 Å². The van der Waals surface area contributed by atoms with Crippen molar-refractivity contribution in [3.05, 3.63) is 54.1 Å². The molecule has 0 aliphatic carbocycles. The van der Waals surface area contributed by atoms with Crippen LogP contribution in [-0.4, -0.2) is 25.9 Å². The van der Waals surface area contributed by atoms with E-state index in [4.69, 9.17) is 9.47 Å². The Hall–Kier alpha value is -2.06. The van der Waals surface area contributed by atoms with Gasteiger partial charge in [0.15, 0.2) is 7.14 Å². The van der Waals surface area contributed by atoms with Gasteiger partial charge in [0.2, 0.25) is 5.52 Å². The summed E-state index contributed by atoms with van der Waals surface area (Å²) in [6.45, 7) is 2.13. The molecule has 0 saturated heterocycles. The molecule has 0 heterocycles. The summed E-state index contributed by atoms with van der Waals surface area (Å²) in [6.07, 6.45) is 4.23. The minimum atomic E-state index is -3.30. The number of carbonyl (C=O) groups is 1. The molecule has 2 aromatic carbocycles. The van der Waals surface area contributed by atoms with Crippen molar-refractivity contribution in [2.75, 3.05) is 20.4 Å². The highest BCUT2D eigenvalue weighted by Crippen LogP contribution is 2.51. The second-order valence-corrected chi connectivity index (χ2v) is 9.05. The highest BCUT2D eigenvalue weighted by molar-refractivity contribution is 7.87. The molecule has 0 fully saturated rings. The number of ether oxygens (including phenoxy) is 2. The Morgan fingerprint density at radius 2 is 1.50 bits per heavy atom. The number of unbranched alkanes of at least 4 members (excludes halogenated alkanes) is 3. The van der Waals surface area contributed by atoms with E-state index in [-0.39, 0.29) is 5.56 Å². The van der Waals surface area contributed by atoms with Gasteiger partial charge in [0.05, 0.1) is 14.2 Å². The summed E-state index contributed by atoms with van der Waals surface area (Å²) < 4.78 is 24.7. The quantitative estimate of drug-likeness (QED) is 0.428. The molecular weight excluding hydrogens is 347 g/mol. The largest absolute Gasteiger partial charge is 0.496 e. The van der Waals surface area contributed by atoms with Crippen LogP contribution in [0, 0.1) is 0 Å². The molecule has 2 aromatic rings. The first-order valence-corrected chi connectivity index (χ1v) is 10.9. The van der Waals surface area contributed by atoms with Crippen LogP contribution in [0.2, 0.25) is 0 Å². The van der Waals surface area contributed by atoms with Gasteiger partial charge in [-0.3, -0.25) is 4.79 Å². The third kappa shape index (κ3) is 4.37. The Labute approximate surface area is 155 Å². The summed E-state index contributed by atoms with van der Waals surface area (Å²) in [4.78, 5) is 13.5. The molecule has 140 valence electrons. The molecule has 0 spiro atoms. The second-order valence-electron chi connectivity index (χ2n) is 6.20. The van der Waals surface area contributed by atoms with Gasteiger partial charge in [0.25, 0.3) is 0 Å². The van der Waals surface area contributed by atoms with Crippen molar-refractivity contribution in [3.8, 4) is 11.5 Å². The lowest BCUT2D eigenvalue weighted by atomic mass is 10.2. The predicted octanol–water partition coefficient (Wildman–Crippen LogP) is 5.11. The zero-order chi connectivity index (χ0) is 19.0. The third-order valence-corrected chi connectivity index (χ3v) is 7.43. The normalized spacial score (nSPS) is 13.0. The van der Waals surface area contributed by atoms with E-state index in [1.165, 1.54) is 14.2 Å². The lowest BCUT2D eigenvalue weighted by molar-refractivity contribution is 0.107. The van der Waals surface area contributed by atoms with Crippen LogP contribution in [0.25, 0.3) is 0 Å². The van der Waals surface area contributed by atoms with Gasteiger partial charge in [-0.25, -0.2) is 0 Å². The first-order chi connectivity index (χ1) is 12.6. The second kappa shape index (κ2) is 9.59. The van der Waals surface area contributed by atoms with Crippen molar-refractivity contribution < 1.29 is 18.8 Å². The van der Waals surface area contributed by atoms with Crippen LogP contribution in [0.3, 0.4) is 0 Å². The molecule has 0 saturated carbocycles. The van der Waals surface area contributed by atoms with Crippen molar-refractivity contribution in [2.45, 2.75) is 32.6 Å². The highest BCUT2D eigenvalue weighted by Gasteiger charge is 2.37. The van der Waals surface area contributed by atoms with Crippen molar-refractivity contribution in [1.29, 1.82) is 0 Å². The van der Waals surface area contributed by atoms with Gasteiger partial charge in [-0.05, 0) is 18.6 Å². The summed E-state index contributed by atoms with van der Waals surface area (Å²) in [5.74, 6) is 0.776. The van der Waals surface area contributed by atoms with Gasteiger partial charge in [0, 0.05) is 11.5 Å². The molecule has 1 unspecified atom stereocenters. The van der Waals surface area contributed by atoms with Crippen LogP contribution in [0.5, 0.6) is 11.5 Å². The molecule has 1 atom stereocenters. The first kappa shape index (κ1) is 20.3. The van der Waals surface area contributed by atoms with Gasteiger partial charge >= 0.3 is 0 Å². The number of methoxy groups -OCH3 is 2. The molecular formula is C21H27O4P. The van der Waals surface area contributed by atoms with Crippen LogP contribution < -0.4 is 14.8 Å². The average molecular weight is 374 g/mol. The Kier molecular flexibility index (Phi) is 7.47. The predicted molar refractivity (Wildman–Crippen MR) is 107 cm³/mol. The van der Waals surface area contributed by atoms with Crippen LogP contribution in [0.4, 0.5) is 0 Å². The fourth-order valence-corrected chi connectivity index (χ4v) is 5.62. The standard InChI is InChI=1S/C21H27O4P/c1-4-5-6-10-16-26(23,17-12-8-7-9-13-17)21(22)20-18(24-2)14-11-15-19(20)25-3/h7-9,11-15H,4-6,10,16H2,1-3H3. The molecule has 0 aliphatic rings. The summed E-state index contributed by atoms with van der Waals surface area (Å²) in [5.41, 5.74) is -0.130. The Bertz CT molecular complexity index is 749. The van der Waals surface area contributed by atoms with Gasteiger partial charge in [-0.15, -0.1) is 0 Å². The number of carbonyl (C=O) groups excluding carboxylic acids is 1. The molecule has 0 amide bonds. The van der Waals surface area contributed by atoms with E-state index < -0.39 is 12.7 Å².